The van der Waals surface area contributed by atoms with Crippen molar-refractivity contribution in [3.05, 3.63) is 88.8 Å². The Morgan fingerprint density at radius 2 is 1.28 bits per heavy atom. The van der Waals surface area contributed by atoms with Crippen LogP contribution in [0.5, 0.6) is 0 Å². The molecule has 0 aliphatic rings. The lowest BCUT2D eigenvalue weighted by Gasteiger charge is -2.07. The van der Waals surface area contributed by atoms with Gasteiger partial charge in [-0.25, -0.2) is 19.9 Å². The fourth-order valence-corrected chi connectivity index (χ4v) is 2.61. The number of benzene rings is 2. The van der Waals surface area contributed by atoms with E-state index in [1.165, 1.54) is 6.20 Å². The summed E-state index contributed by atoms with van der Waals surface area (Å²) >= 11 is 16.4. The van der Waals surface area contributed by atoms with E-state index in [1.54, 1.807) is 30.5 Å². The number of halogens is 3. The van der Waals surface area contributed by atoms with Crippen molar-refractivity contribution >= 4 is 63.4 Å². The fourth-order valence-electron chi connectivity index (χ4n) is 2.14. The number of aromatic nitrogens is 4. The van der Waals surface area contributed by atoms with Gasteiger partial charge in [0.15, 0.2) is 0 Å². The molecule has 0 fully saturated rings. The Labute approximate surface area is 225 Å². The molecule has 2 heterocycles. The van der Waals surface area contributed by atoms with Crippen LogP contribution in [0.1, 0.15) is 19.8 Å². The molecule has 4 rings (SSSR count). The fraction of sp³-hybridized carbons (Fsp3) is 0.167. The third-order valence-electron chi connectivity index (χ3n) is 3.95. The normalized spacial score (nSPS) is 9.36. The summed E-state index contributed by atoms with van der Waals surface area (Å²) in [6.45, 7) is 2.40. The van der Waals surface area contributed by atoms with Crippen LogP contribution < -0.4 is 22.5 Å². The average molecular weight is 552 g/mol. The van der Waals surface area contributed by atoms with Crippen molar-refractivity contribution in [3.63, 3.8) is 0 Å². The van der Waals surface area contributed by atoms with E-state index >= 15 is 0 Å². The zero-order chi connectivity index (χ0) is 26.8. The minimum Gasteiger partial charge on any atom is -0.397 e. The molecule has 0 saturated heterocycles. The first-order valence-electron chi connectivity index (χ1n) is 10.7. The summed E-state index contributed by atoms with van der Waals surface area (Å²) in [5.41, 5.74) is 19.3. The zero-order valence-electron chi connectivity index (χ0n) is 19.7. The summed E-state index contributed by atoms with van der Waals surface area (Å²) in [5.74, 6) is 0.618. The Balaban J connectivity index is 0.000000263. The first-order valence-corrected chi connectivity index (χ1v) is 11.8. The van der Waals surface area contributed by atoms with Gasteiger partial charge in [-0.05, 0) is 66.0 Å². The van der Waals surface area contributed by atoms with Gasteiger partial charge in [-0.15, -0.1) is 0 Å². The number of nitrogens with zero attached hydrogens (tertiary/aromatic N) is 4. The number of rotatable bonds is 4. The van der Waals surface area contributed by atoms with Gasteiger partial charge in [-0.3, -0.25) is 0 Å². The lowest BCUT2D eigenvalue weighted by atomic mass is 10.3. The van der Waals surface area contributed by atoms with Gasteiger partial charge in [-0.1, -0.05) is 49.2 Å². The molecule has 0 spiro atoms. The molecule has 0 saturated carbocycles. The molecule has 192 valence electrons. The molecule has 0 aliphatic heterocycles. The molecular weight excluding hydrogens is 523 g/mol. The minimum atomic E-state index is 0.178. The number of hydrogen-bond donors (Lipinski definition) is 5. The number of nitrogens with one attached hydrogen (secondary N) is 1. The van der Waals surface area contributed by atoms with Crippen molar-refractivity contribution in [1.82, 2.24) is 19.9 Å². The van der Waals surface area contributed by atoms with Crippen LogP contribution in [0, 0.1) is 0 Å². The predicted octanol–water partition coefficient (Wildman–Crippen LogP) is 5.87. The second-order valence-corrected chi connectivity index (χ2v) is 7.84. The van der Waals surface area contributed by atoms with Crippen LogP contribution in [0.2, 0.25) is 15.7 Å². The second-order valence-electron chi connectivity index (χ2n) is 6.78. The molecule has 8 N–H and O–H groups in total. The number of para-hydroxylation sites is 4. The Kier molecular flexibility index (Phi) is 15.3. The van der Waals surface area contributed by atoms with Crippen molar-refractivity contribution in [3.8, 4) is 0 Å². The highest BCUT2D eigenvalue weighted by molar-refractivity contribution is 6.31. The average Bonchev–Trinajstić information content (AvgIpc) is 2.84. The predicted molar refractivity (Wildman–Crippen MR) is 150 cm³/mol. The van der Waals surface area contributed by atoms with Crippen molar-refractivity contribution in [2.45, 2.75) is 19.8 Å². The first-order chi connectivity index (χ1) is 17.3. The SMILES string of the molecule is CCCCO.Clc1ccnc(Cl)n1.Nc1ccccc1N.Nc1ccccc1Nc1ccnc(Cl)n1. The number of nitrogens with two attached hydrogens (primary N) is 3. The molecule has 0 bridgehead atoms. The van der Waals surface area contributed by atoms with E-state index in [9.17, 15) is 0 Å². The van der Waals surface area contributed by atoms with Gasteiger partial charge in [0.25, 0.3) is 0 Å². The van der Waals surface area contributed by atoms with E-state index in [0.717, 1.165) is 18.5 Å². The lowest BCUT2D eigenvalue weighted by molar-refractivity contribution is 0.287. The van der Waals surface area contributed by atoms with Crippen LogP contribution in [0.3, 0.4) is 0 Å². The van der Waals surface area contributed by atoms with Crippen LogP contribution in [0.25, 0.3) is 0 Å². The van der Waals surface area contributed by atoms with Crippen molar-refractivity contribution in [2.24, 2.45) is 0 Å². The lowest BCUT2D eigenvalue weighted by Crippen LogP contribution is -1.98. The number of aliphatic hydroxyl groups is 1. The van der Waals surface area contributed by atoms with E-state index in [1.807, 2.05) is 36.4 Å². The van der Waals surface area contributed by atoms with Crippen LogP contribution in [-0.4, -0.2) is 31.6 Å². The van der Waals surface area contributed by atoms with Crippen LogP contribution in [0.15, 0.2) is 73.1 Å². The number of hydrogen-bond acceptors (Lipinski definition) is 9. The van der Waals surface area contributed by atoms with Gasteiger partial charge in [0.2, 0.25) is 10.6 Å². The Morgan fingerprint density at radius 1 is 0.750 bits per heavy atom. The van der Waals surface area contributed by atoms with Crippen molar-refractivity contribution in [1.29, 1.82) is 0 Å². The summed E-state index contributed by atoms with van der Waals surface area (Å²) in [7, 11) is 0. The minimum absolute atomic E-state index is 0.178. The van der Waals surface area contributed by atoms with Crippen LogP contribution >= 0.6 is 34.8 Å². The second kappa shape index (κ2) is 18.0. The molecule has 2 aromatic carbocycles. The Hall–Kier alpha value is -3.37. The van der Waals surface area contributed by atoms with E-state index in [4.69, 9.17) is 57.1 Å². The third-order valence-corrected chi connectivity index (χ3v) is 4.52. The van der Waals surface area contributed by atoms with E-state index in [-0.39, 0.29) is 10.6 Å². The highest BCUT2D eigenvalue weighted by atomic mass is 35.5. The third kappa shape index (κ3) is 13.5. The summed E-state index contributed by atoms with van der Waals surface area (Å²) in [5, 5.41) is 11.9. The molecule has 4 aromatic rings. The largest absolute Gasteiger partial charge is 0.397 e. The maximum atomic E-state index is 8.07. The topological polar surface area (TPSA) is 162 Å². The van der Waals surface area contributed by atoms with Crippen molar-refractivity contribution < 1.29 is 5.11 Å². The molecule has 9 nitrogen and oxygen atoms in total. The van der Waals surface area contributed by atoms with Gasteiger partial charge in [0.05, 0.1) is 22.7 Å². The molecule has 0 amide bonds. The summed E-state index contributed by atoms with van der Waals surface area (Å²) in [4.78, 5) is 15.0. The number of nitrogen functional groups attached to an aromatic ring is 3. The smallest absolute Gasteiger partial charge is 0.224 e. The molecular formula is C24H29Cl3N8O. The van der Waals surface area contributed by atoms with Gasteiger partial charge < -0.3 is 27.6 Å². The van der Waals surface area contributed by atoms with Crippen LogP contribution in [-0.2, 0) is 0 Å². The first kappa shape index (κ1) is 30.7. The Bertz CT molecular complexity index is 1130. The molecule has 36 heavy (non-hydrogen) atoms. The number of anilines is 5. The maximum absolute atomic E-state index is 8.07. The van der Waals surface area contributed by atoms with Gasteiger partial charge >= 0.3 is 0 Å². The zero-order valence-corrected chi connectivity index (χ0v) is 21.9. The summed E-state index contributed by atoms with van der Waals surface area (Å²) in [6.07, 6.45) is 5.12. The van der Waals surface area contributed by atoms with E-state index in [0.29, 0.717) is 34.6 Å². The van der Waals surface area contributed by atoms with Gasteiger partial charge in [0, 0.05) is 19.0 Å². The Morgan fingerprint density at radius 3 is 1.67 bits per heavy atom. The van der Waals surface area contributed by atoms with E-state index in [2.05, 4.69) is 32.2 Å². The van der Waals surface area contributed by atoms with Gasteiger partial charge in [0.1, 0.15) is 11.0 Å². The molecule has 2 aromatic heterocycles. The molecule has 0 radical (unpaired) electrons. The monoisotopic (exact) mass is 550 g/mol. The quantitative estimate of drug-likeness (QED) is 0.119. The summed E-state index contributed by atoms with van der Waals surface area (Å²) in [6, 6.07) is 18.0. The highest BCUT2D eigenvalue weighted by Crippen LogP contribution is 2.21. The molecule has 0 unspecified atom stereocenters. The molecule has 0 atom stereocenters. The summed E-state index contributed by atoms with van der Waals surface area (Å²) < 4.78 is 0. The van der Waals surface area contributed by atoms with Crippen LogP contribution in [0.4, 0.5) is 28.6 Å². The standard InChI is InChI=1S/C10H9ClN4.C6H8N2.C4H2Cl2N2.C4H10O/c11-10-13-6-5-9(15-10)14-8-4-2-1-3-7(8)12;7-5-3-1-2-4-6(5)8;5-3-1-2-7-4(6)8-3;1-2-3-4-5/h1-6H,12H2,(H,13,14,15);1-4H,7-8H2;1-2H;5H,2-4H2,1H3. The highest BCUT2D eigenvalue weighted by Gasteiger charge is 2.00. The van der Waals surface area contributed by atoms with E-state index < -0.39 is 0 Å². The molecule has 12 heteroatoms. The number of aliphatic hydroxyl groups excluding tert-OH is 1. The van der Waals surface area contributed by atoms with Crippen molar-refractivity contribution in [2.75, 3.05) is 29.1 Å². The number of unbranched alkanes of at least 4 members (excludes halogenated alkanes) is 1. The maximum Gasteiger partial charge on any atom is 0.224 e. The molecule has 0 aliphatic carbocycles. The van der Waals surface area contributed by atoms with Gasteiger partial charge in [-0.2, -0.15) is 0 Å².